The Morgan fingerprint density at radius 3 is 2.74 bits per heavy atom. The average Bonchev–Trinajstić information content (AvgIpc) is 3.09. The van der Waals surface area contributed by atoms with Crippen LogP contribution in [0.3, 0.4) is 0 Å². The average molecular weight is 418 g/mol. The zero-order valence-corrected chi connectivity index (χ0v) is 17.6. The van der Waals surface area contributed by atoms with Crippen molar-refractivity contribution in [3.63, 3.8) is 0 Å². The number of para-hydroxylation sites is 1. The Labute approximate surface area is 180 Å². The number of fused-ring (bicyclic) bond motifs is 2. The third-order valence-electron chi connectivity index (χ3n) is 5.44. The summed E-state index contributed by atoms with van der Waals surface area (Å²) in [6.45, 7) is 5.36. The molecule has 3 aromatic rings. The van der Waals surface area contributed by atoms with Crippen LogP contribution in [0.15, 0.2) is 54.7 Å². The quantitative estimate of drug-likeness (QED) is 0.569. The molecule has 4 rings (SSSR count). The fourth-order valence-electron chi connectivity index (χ4n) is 3.72. The smallest absolute Gasteiger partial charge is 0.254 e. The lowest BCUT2D eigenvalue weighted by Gasteiger charge is -2.14. The largest absolute Gasteiger partial charge is 0.347 e. The minimum Gasteiger partial charge on any atom is -0.347 e. The molecule has 0 bridgehead atoms. The molecule has 0 saturated heterocycles. The number of anilines is 2. The molecule has 0 saturated carbocycles. The highest BCUT2D eigenvalue weighted by atomic mass is 16.2. The van der Waals surface area contributed by atoms with Gasteiger partial charge in [-0.15, -0.1) is 0 Å². The Bertz CT molecular complexity index is 1150. The number of aromatic nitrogens is 1. The number of carbonyl (C=O) groups excluding carboxylic acids is 3. The van der Waals surface area contributed by atoms with Crippen molar-refractivity contribution < 1.29 is 14.4 Å². The van der Waals surface area contributed by atoms with Gasteiger partial charge in [0.25, 0.3) is 5.91 Å². The molecule has 0 fully saturated rings. The van der Waals surface area contributed by atoms with Crippen LogP contribution in [0.5, 0.6) is 0 Å². The topological polar surface area (TPSA) is 92.2 Å². The van der Waals surface area contributed by atoms with Crippen LogP contribution in [0.4, 0.5) is 11.4 Å². The summed E-state index contributed by atoms with van der Waals surface area (Å²) < 4.78 is 2.21. The summed E-state index contributed by atoms with van der Waals surface area (Å²) >= 11 is 0. The number of nitrogens with one attached hydrogen (secondary N) is 3. The van der Waals surface area contributed by atoms with E-state index in [0.29, 0.717) is 22.9 Å². The van der Waals surface area contributed by atoms with Crippen molar-refractivity contribution in [1.29, 1.82) is 0 Å². The predicted octanol–water partition coefficient (Wildman–Crippen LogP) is 3.77. The molecule has 3 N–H and O–H groups in total. The van der Waals surface area contributed by atoms with Gasteiger partial charge >= 0.3 is 0 Å². The third kappa shape index (κ3) is 4.60. The lowest BCUT2D eigenvalue weighted by Crippen LogP contribution is -2.43. The van der Waals surface area contributed by atoms with Gasteiger partial charge in [0.2, 0.25) is 11.8 Å². The first-order chi connectivity index (χ1) is 14.9. The zero-order valence-electron chi connectivity index (χ0n) is 17.6. The van der Waals surface area contributed by atoms with E-state index in [1.807, 2.05) is 24.3 Å². The molecule has 1 atom stereocenters. The maximum Gasteiger partial charge on any atom is 0.254 e. The maximum atomic E-state index is 12.6. The number of rotatable bonds is 6. The standard InChI is InChI=1S/C24H26N4O3/c1-15(2)9-11-28-12-10-16-13-17(7-8-21(16)28)25-22(29)14-20-24(31)26-19-6-4-3-5-18(19)23(30)27-20/h3-8,10,12-13,15,20H,9,11,14H2,1-2H3,(H,25,29)(H,26,31)(H,27,30)/t20-/m1/s1. The Balaban J connectivity index is 1.42. The van der Waals surface area contributed by atoms with E-state index in [0.717, 1.165) is 23.9 Å². The maximum absolute atomic E-state index is 12.6. The van der Waals surface area contributed by atoms with Crippen molar-refractivity contribution >= 4 is 40.0 Å². The molecule has 7 nitrogen and oxygen atoms in total. The van der Waals surface area contributed by atoms with Crippen molar-refractivity contribution in [3.05, 3.63) is 60.3 Å². The molecule has 0 unspecified atom stereocenters. The van der Waals surface area contributed by atoms with Crippen LogP contribution in [-0.2, 0) is 16.1 Å². The Morgan fingerprint density at radius 1 is 1.13 bits per heavy atom. The summed E-state index contributed by atoms with van der Waals surface area (Å²) in [6, 6.07) is 13.6. The normalized spacial score (nSPS) is 15.9. The lowest BCUT2D eigenvalue weighted by molar-refractivity contribution is -0.122. The molecule has 2 heterocycles. The lowest BCUT2D eigenvalue weighted by atomic mass is 10.1. The van der Waals surface area contributed by atoms with Gasteiger partial charge in [-0.25, -0.2) is 0 Å². The van der Waals surface area contributed by atoms with Crippen molar-refractivity contribution in [2.24, 2.45) is 5.92 Å². The van der Waals surface area contributed by atoms with E-state index in [1.165, 1.54) is 0 Å². The van der Waals surface area contributed by atoms with Crippen LogP contribution in [0.25, 0.3) is 10.9 Å². The number of amides is 3. The predicted molar refractivity (Wildman–Crippen MR) is 121 cm³/mol. The van der Waals surface area contributed by atoms with Crippen LogP contribution in [0.2, 0.25) is 0 Å². The van der Waals surface area contributed by atoms with Crippen molar-refractivity contribution in [3.8, 4) is 0 Å². The molecule has 7 heteroatoms. The second-order valence-corrected chi connectivity index (χ2v) is 8.28. The van der Waals surface area contributed by atoms with Gasteiger partial charge in [0, 0.05) is 29.3 Å². The van der Waals surface area contributed by atoms with Crippen LogP contribution < -0.4 is 16.0 Å². The van der Waals surface area contributed by atoms with Gasteiger partial charge in [-0.05, 0) is 48.7 Å². The van der Waals surface area contributed by atoms with E-state index in [2.05, 4.69) is 40.6 Å². The Hall–Kier alpha value is -3.61. The molecule has 0 aliphatic carbocycles. The molecular formula is C24H26N4O3. The summed E-state index contributed by atoms with van der Waals surface area (Å²) in [5.41, 5.74) is 2.60. The number of nitrogens with zero attached hydrogens (tertiary/aromatic N) is 1. The SMILES string of the molecule is CC(C)CCn1ccc2cc(NC(=O)C[C@H]3NC(=O)c4ccccc4NC3=O)ccc21. The molecule has 0 radical (unpaired) electrons. The summed E-state index contributed by atoms with van der Waals surface area (Å²) in [5.74, 6) is -0.502. The number of benzene rings is 2. The van der Waals surface area contributed by atoms with Crippen molar-refractivity contribution in [2.45, 2.75) is 39.3 Å². The number of hydrogen-bond acceptors (Lipinski definition) is 3. The minimum absolute atomic E-state index is 0.154. The summed E-state index contributed by atoms with van der Waals surface area (Å²) in [6.07, 6.45) is 3.00. The molecule has 0 spiro atoms. The van der Waals surface area contributed by atoms with E-state index >= 15 is 0 Å². The Morgan fingerprint density at radius 2 is 1.94 bits per heavy atom. The molecule has 2 aromatic carbocycles. The second kappa shape index (κ2) is 8.63. The van der Waals surface area contributed by atoms with Crippen LogP contribution in [0, 0.1) is 5.92 Å². The van der Waals surface area contributed by atoms with E-state index in [4.69, 9.17) is 0 Å². The molecule has 1 aromatic heterocycles. The van der Waals surface area contributed by atoms with Crippen LogP contribution in [0.1, 0.15) is 37.0 Å². The highest BCUT2D eigenvalue weighted by Gasteiger charge is 2.29. The first-order valence-electron chi connectivity index (χ1n) is 10.5. The van der Waals surface area contributed by atoms with Gasteiger partial charge in [0.1, 0.15) is 6.04 Å². The van der Waals surface area contributed by atoms with Crippen LogP contribution >= 0.6 is 0 Å². The molecule has 160 valence electrons. The highest BCUT2D eigenvalue weighted by Crippen LogP contribution is 2.22. The summed E-state index contributed by atoms with van der Waals surface area (Å²) in [5, 5.41) is 9.23. The van der Waals surface area contributed by atoms with Gasteiger partial charge in [-0.1, -0.05) is 26.0 Å². The minimum atomic E-state index is -0.944. The third-order valence-corrected chi connectivity index (χ3v) is 5.44. The van der Waals surface area contributed by atoms with Gasteiger partial charge in [0.05, 0.1) is 17.7 Å². The first kappa shape index (κ1) is 20.7. The monoisotopic (exact) mass is 418 g/mol. The molecule has 31 heavy (non-hydrogen) atoms. The summed E-state index contributed by atoms with van der Waals surface area (Å²) in [7, 11) is 0. The number of hydrogen-bond donors (Lipinski definition) is 3. The first-order valence-corrected chi connectivity index (χ1v) is 10.5. The fourth-order valence-corrected chi connectivity index (χ4v) is 3.72. The van der Waals surface area contributed by atoms with Crippen LogP contribution in [-0.4, -0.2) is 28.3 Å². The Kier molecular flexibility index (Phi) is 5.75. The highest BCUT2D eigenvalue weighted by molar-refractivity contribution is 6.11. The summed E-state index contributed by atoms with van der Waals surface area (Å²) in [4.78, 5) is 37.5. The van der Waals surface area contributed by atoms with Gasteiger partial charge < -0.3 is 20.5 Å². The van der Waals surface area contributed by atoms with E-state index in [1.54, 1.807) is 24.3 Å². The number of carbonyl (C=O) groups is 3. The van der Waals surface area contributed by atoms with Gasteiger partial charge in [0.15, 0.2) is 0 Å². The van der Waals surface area contributed by atoms with E-state index < -0.39 is 11.9 Å². The number of aryl methyl sites for hydroxylation is 1. The second-order valence-electron chi connectivity index (χ2n) is 8.28. The van der Waals surface area contributed by atoms with Crippen molar-refractivity contribution in [2.75, 3.05) is 10.6 Å². The molecule has 1 aliphatic rings. The zero-order chi connectivity index (χ0) is 22.0. The van der Waals surface area contributed by atoms with Gasteiger partial charge in [-0.2, -0.15) is 0 Å². The fraction of sp³-hybridized carbons (Fsp3) is 0.292. The van der Waals surface area contributed by atoms with E-state index in [-0.39, 0.29) is 18.2 Å². The molecule has 1 aliphatic heterocycles. The molecular weight excluding hydrogens is 392 g/mol. The molecule has 3 amide bonds. The van der Waals surface area contributed by atoms with Gasteiger partial charge in [-0.3, -0.25) is 14.4 Å². The van der Waals surface area contributed by atoms with Crippen molar-refractivity contribution in [1.82, 2.24) is 9.88 Å². The van der Waals surface area contributed by atoms with E-state index in [9.17, 15) is 14.4 Å².